The average Bonchev–Trinajstić information content (AvgIpc) is 3.23. The molecule has 0 fully saturated rings. The summed E-state index contributed by atoms with van der Waals surface area (Å²) in [5, 5.41) is 7.53. The molecule has 0 aromatic carbocycles. The molecule has 6 nitrogen and oxygen atoms in total. The van der Waals surface area contributed by atoms with Crippen molar-refractivity contribution in [2.75, 3.05) is 27.2 Å². The number of aromatic nitrogens is 2. The standard InChI is InChI=1S/C16H18N4O2S2/c1-17-5-6-19(2)13(21)8-20-10-18-15-14(16(20)22)11(9-24-15)12-4-3-7-23-12/h3-4,7,9-10,17H,5-6,8H2,1-2H3. The molecule has 0 aliphatic heterocycles. The zero-order valence-corrected chi connectivity index (χ0v) is 15.1. The zero-order chi connectivity index (χ0) is 17.1. The van der Waals surface area contributed by atoms with E-state index in [4.69, 9.17) is 0 Å². The highest BCUT2D eigenvalue weighted by molar-refractivity contribution is 7.18. The summed E-state index contributed by atoms with van der Waals surface area (Å²) in [6.45, 7) is 1.31. The molecular formula is C16H18N4O2S2. The predicted molar refractivity (Wildman–Crippen MR) is 98.8 cm³/mol. The van der Waals surface area contributed by atoms with Gasteiger partial charge in [-0.25, -0.2) is 4.98 Å². The average molecular weight is 362 g/mol. The Kier molecular flexibility index (Phi) is 5.08. The molecule has 0 saturated heterocycles. The molecule has 0 aliphatic carbocycles. The lowest BCUT2D eigenvalue weighted by molar-refractivity contribution is -0.130. The van der Waals surface area contributed by atoms with Crippen molar-refractivity contribution in [1.29, 1.82) is 0 Å². The Hall–Kier alpha value is -2.03. The van der Waals surface area contributed by atoms with E-state index in [0.29, 0.717) is 23.3 Å². The summed E-state index contributed by atoms with van der Waals surface area (Å²) in [5.41, 5.74) is 0.729. The number of thiophene rings is 2. The molecule has 3 heterocycles. The van der Waals surface area contributed by atoms with Crippen LogP contribution >= 0.6 is 22.7 Å². The van der Waals surface area contributed by atoms with E-state index in [1.54, 1.807) is 23.3 Å². The van der Waals surface area contributed by atoms with Crippen LogP contribution in [0, 0.1) is 0 Å². The van der Waals surface area contributed by atoms with Crippen LogP contribution in [0.25, 0.3) is 20.7 Å². The minimum absolute atomic E-state index is 0.00170. The molecule has 0 unspecified atom stereocenters. The predicted octanol–water partition coefficient (Wildman–Crippen LogP) is 1.86. The van der Waals surface area contributed by atoms with Gasteiger partial charge in [0, 0.05) is 36.0 Å². The van der Waals surface area contributed by atoms with Gasteiger partial charge in [-0.1, -0.05) is 6.07 Å². The van der Waals surface area contributed by atoms with Crippen molar-refractivity contribution in [2.24, 2.45) is 0 Å². The Morgan fingerprint density at radius 1 is 1.42 bits per heavy atom. The van der Waals surface area contributed by atoms with E-state index in [2.05, 4.69) is 10.3 Å². The second kappa shape index (κ2) is 7.25. The number of likely N-dealkylation sites (N-methyl/N-ethyl adjacent to an activating group) is 2. The van der Waals surface area contributed by atoms with Crippen LogP contribution in [0.15, 0.2) is 34.0 Å². The minimum atomic E-state index is -0.167. The lowest BCUT2D eigenvalue weighted by atomic mass is 10.2. The van der Waals surface area contributed by atoms with Gasteiger partial charge in [0.1, 0.15) is 11.4 Å². The number of fused-ring (bicyclic) bond motifs is 1. The summed E-state index contributed by atoms with van der Waals surface area (Å²) in [6.07, 6.45) is 1.46. The van der Waals surface area contributed by atoms with Crippen molar-refractivity contribution < 1.29 is 4.79 Å². The number of amides is 1. The van der Waals surface area contributed by atoms with E-state index >= 15 is 0 Å². The summed E-state index contributed by atoms with van der Waals surface area (Å²) in [5.74, 6) is -0.110. The second-order valence-electron chi connectivity index (χ2n) is 5.40. The van der Waals surface area contributed by atoms with E-state index in [1.165, 1.54) is 22.2 Å². The van der Waals surface area contributed by atoms with E-state index in [0.717, 1.165) is 10.4 Å². The Labute approximate surface area is 147 Å². The quantitative estimate of drug-likeness (QED) is 0.727. The maximum atomic E-state index is 12.8. The first-order valence-corrected chi connectivity index (χ1v) is 9.27. The molecule has 3 rings (SSSR count). The van der Waals surface area contributed by atoms with Crippen molar-refractivity contribution in [3.05, 3.63) is 39.6 Å². The van der Waals surface area contributed by atoms with Crippen LogP contribution in [-0.2, 0) is 11.3 Å². The van der Waals surface area contributed by atoms with Crippen molar-refractivity contribution in [2.45, 2.75) is 6.54 Å². The summed E-state index contributed by atoms with van der Waals surface area (Å²) in [4.78, 5) is 32.8. The zero-order valence-electron chi connectivity index (χ0n) is 13.5. The topological polar surface area (TPSA) is 67.2 Å². The van der Waals surface area contributed by atoms with Gasteiger partial charge in [0.05, 0.1) is 11.7 Å². The smallest absolute Gasteiger partial charge is 0.263 e. The number of carbonyl (C=O) groups is 1. The molecule has 0 aliphatic rings. The number of nitrogens with zero attached hydrogens (tertiary/aromatic N) is 3. The normalized spacial score (nSPS) is 11.1. The van der Waals surface area contributed by atoms with Gasteiger partial charge < -0.3 is 10.2 Å². The van der Waals surface area contributed by atoms with Crippen molar-refractivity contribution >= 4 is 38.8 Å². The van der Waals surface area contributed by atoms with Gasteiger partial charge in [-0.05, 0) is 18.5 Å². The molecule has 0 saturated carbocycles. The maximum Gasteiger partial charge on any atom is 0.263 e. The molecule has 0 atom stereocenters. The van der Waals surface area contributed by atoms with Crippen LogP contribution in [0.5, 0.6) is 0 Å². The second-order valence-corrected chi connectivity index (χ2v) is 7.21. The number of hydrogen-bond acceptors (Lipinski definition) is 6. The first-order chi connectivity index (χ1) is 11.6. The van der Waals surface area contributed by atoms with Crippen LogP contribution in [-0.4, -0.2) is 47.5 Å². The Morgan fingerprint density at radius 2 is 2.25 bits per heavy atom. The molecule has 0 radical (unpaired) electrons. The third kappa shape index (κ3) is 3.26. The van der Waals surface area contributed by atoms with Crippen molar-refractivity contribution in [3.63, 3.8) is 0 Å². The summed E-state index contributed by atoms with van der Waals surface area (Å²) in [6, 6.07) is 3.94. The monoisotopic (exact) mass is 362 g/mol. The first kappa shape index (κ1) is 16.8. The van der Waals surface area contributed by atoms with Gasteiger partial charge in [-0.3, -0.25) is 14.2 Å². The molecule has 8 heteroatoms. The van der Waals surface area contributed by atoms with Gasteiger partial charge in [-0.2, -0.15) is 0 Å². The SMILES string of the molecule is CNCCN(C)C(=O)Cn1cnc2scc(-c3cccs3)c2c1=O. The highest BCUT2D eigenvalue weighted by Gasteiger charge is 2.16. The lowest BCUT2D eigenvalue weighted by Crippen LogP contribution is -2.37. The van der Waals surface area contributed by atoms with Crippen LogP contribution in [0.4, 0.5) is 0 Å². The Bertz CT molecular complexity index is 899. The van der Waals surface area contributed by atoms with Crippen LogP contribution in [0.3, 0.4) is 0 Å². The van der Waals surface area contributed by atoms with Crippen LogP contribution in [0.2, 0.25) is 0 Å². The maximum absolute atomic E-state index is 12.8. The molecular weight excluding hydrogens is 344 g/mol. The third-order valence-electron chi connectivity index (χ3n) is 3.78. The van der Waals surface area contributed by atoms with E-state index in [-0.39, 0.29) is 18.0 Å². The van der Waals surface area contributed by atoms with Gasteiger partial charge in [0.25, 0.3) is 5.56 Å². The fourth-order valence-electron chi connectivity index (χ4n) is 2.36. The van der Waals surface area contributed by atoms with Crippen LogP contribution in [0.1, 0.15) is 0 Å². The summed E-state index contributed by atoms with van der Waals surface area (Å²) >= 11 is 3.04. The largest absolute Gasteiger partial charge is 0.343 e. The van der Waals surface area contributed by atoms with E-state index in [9.17, 15) is 9.59 Å². The van der Waals surface area contributed by atoms with Crippen LogP contribution < -0.4 is 10.9 Å². The highest BCUT2D eigenvalue weighted by atomic mass is 32.1. The summed E-state index contributed by atoms with van der Waals surface area (Å²) in [7, 11) is 3.57. The number of nitrogens with one attached hydrogen (secondary N) is 1. The van der Waals surface area contributed by atoms with Gasteiger partial charge in [-0.15, -0.1) is 22.7 Å². The molecule has 126 valence electrons. The fourth-order valence-corrected chi connectivity index (χ4v) is 4.08. The first-order valence-electron chi connectivity index (χ1n) is 7.51. The van der Waals surface area contributed by atoms with E-state index in [1.807, 2.05) is 29.9 Å². The van der Waals surface area contributed by atoms with Crippen molar-refractivity contribution in [1.82, 2.24) is 19.8 Å². The van der Waals surface area contributed by atoms with Gasteiger partial charge in [0.2, 0.25) is 5.91 Å². The number of carbonyl (C=O) groups excluding carboxylic acids is 1. The minimum Gasteiger partial charge on any atom is -0.343 e. The Balaban J connectivity index is 1.93. The third-order valence-corrected chi connectivity index (χ3v) is 5.57. The molecule has 24 heavy (non-hydrogen) atoms. The molecule has 1 amide bonds. The lowest BCUT2D eigenvalue weighted by Gasteiger charge is -2.17. The number of rotatable bonds is 6. The molecule has 3 aromatic heterocycles. The Morgan fingerprint density at radius 3 is 2.96 bits per heavy atom. The molecule has 0 spiro atoms. The molecule has 0 bridgehead atoms. The van der Waals surface area contributed by atoms with Crippen molar-refractivity contribution in [3.8, 4) is 10.4 Å². The number of hydrogen-bond donors (Lipinski definition) is 1. The fraction of sp³-hybridized carbons (Fsp3) is 0.312. The van der Waals surface area contributed by atoms with Gasteiger partial charge >= 0.3 is 0 Å². The van der Waals surface area contributed by atoms with Gasteiger partial charge in [0.15, 0.2) is 0 Å². The highest BCUT2D eigenvalue weighted by Crippen LogP contribution is 2.33. The summed E-state index contributed by atoms with van der Waals surface area (Å²) < 4.78 is 1.39. The molecule has 3 aromatic rings. The molecule has 1 N–H and O–H groups in total. The van der Waals surface area contributed by atoms with E-state index < -0.39 is 0 Å².